The lowest BCUT2D eigenvalue weighted by Gasteiger charge is -2.10. The summed E-state index contributed by atoms with van der Waals surface area (Å²) in [5.74, 6) is 0.526. The first-order valence-corrected chi connectivity index (χ1v) is 6.30. The molecule has 0 saturated carbocycles. The minimum Gasteiger partial charge on any atom is -0.497 e. The quantitative estimate of drug-likeness (QED) is 0.895. The second kappa shape index (κ2) is 5.93. The fourth-order valence-electron chi connectivity index (χ4n) is 1.71. The zero-order chi connectivity index (χ0) is 13.8. The summed E-state index contributed by atoms with van der Waals surface area (Å²) in [5, 5.41) is 3.78. The summed E-state index contributed by atoms with van der Waals surface area (Å²) in [6, 6.07) is 10.5. The largest absolute Gasteiger partial charge is 0.497 e. The molecule has 4 heteroatoms. The predicted molar refractivity (Wildman–Crippen MR) is 76.5 cm³/mol. The number of aryl methyl sites for hydroxylation is 1. The Kier molecular flexibility index (Phi) is 4.27. The number of hydrogen-bond acceptors (Lipinski definition) is 2. The average Bonchev–Trinajstić information content (AvgIpc) is 2.41. The number of ether oxygens (including phenoxy) is 1. The molecular formula is C15H15ClFNO. The van der Waals surface area contributed by atoms with E-state index in [0.29, 0.717) is 17.1 Å². The highest BCUT2D eigenvalue weighted by molar-refractivity contribution is 6.33. The molecule has 0 aliphatic carbocycles. The Morgan fingerprint density at radius 2 is 2.00 bits per heavy atom. The van der Waals surface area contributed by atoms with Crippen LogP contribution in [0.3, 0.4) is 0 Å². The van der Waals surface area contributed by atoms with Crippen molar-refractivity contribution in [3.8, 4) is 5.75 Å². The Morgan fingerprint density at radius 3 is 2.68 bits per heavy atom. The maximum absolute atomic E-state index is 13.4. The van der Waals surface area contributed by atoms with Gasteiger partial charge in [-0.2, -0.15) is 0 Å². The molecule has 0 spiro atoms. The van der Waals surface area contributed by atoms with E-state index in [0.717, 1.165) is 17.0 Å². The van der Waals surface area contributed by atoms with Crippen LogP contribution in [0.2, 0.25) is 5.02 Å². The van der Waals surface area contributed by atoms with E-state index in [1.54, 1.807) is 32.2 Å². The number of halogens is 2. The maximum Gasteiger partial charge on any atom is 0.126 e. The van der Waals surface area contributed by atoms with Crippen LogP contribution in [0.4, 0.5) is 10.1 Å². The van der Waals surface area contributed by atoms with E-state index in [1.165, 1.54) is 6.07 Å². The third-order valence-corrected chi connectivity index (χ3v) is 3.22. The van der Waals surface area contributed by atoms with Crippen molar-refractivity contribution in [1.29, 1.82) is 0 Å². The summed E-state index contributed by atoms with van der Waals surface area (Å²) < 4.78 is 18.6. The summed E-state index contributed by atoms with van der Waals surface area (Å²) in [6.45, 7) is 2.25. The van der Waals surface area contributed by atoms with E-state index in [9.17, 15) is 4.39 Å². The molecule has 2 nitrogen and oxygen atoms in total. The molecule has 0 unspecified atom stereocenters. The van der Waals surface area contributed by atoms with Crippen molar-refractivity contribution in [2.75, 3.05) is 12.4 Å². The van der Waals surface area contributed by atoms with Gasteiger partial charge >= 0.3 is 0 Å². The van der Waals surface area contributed by atoms with Gasteiger partial charge < -0.3 is 10.1 Å². The molecule has 0 aliphatic rings. The standard InChI is InChI=1S/C15H15ClFNO/c1-10-3-4-11(7-14(10)17)9-18-15-8-12(19-2)5-6-13(15)16/h3-8,18H,9H2,1-2H3. The van der Waals surface area contributed by atoms with Crippen molar-refractivity contribution in [3.05, 3.63) is 58.4 Å². The summed E-state index contributed by atoms with van der Waals surface area (Å²) in [4.78, 5) is 0. The van der Waals surface area contributed by atoms with Crippen molar-refractivity contribution >= 4 is 17.3 Å². The van der Waals surface area contributed by atoms with Gasteiger partial charge in [-0.3, -0.25) is 0 Å². The van der Waals surface area contributed by atoms with Gasteiger partial charge in [0, 0.05) is 12.6 Å². The van der Waals surface area contributed by atoms with E-state index < -0.39 is 0 Å². The molecule has 2 rings (SSSR count). The third-order valence-electron chi connectivity index (χ3n) is 2.89. The predicted octanol–water partition coefficient (Wildman–Crippen LogP) is 4.41. The van der Waals surface area contributed by atoms with Crippen molar-refractivity contribution in [3.63, 3.8) is 0 Å². The second-order valence-electron chi connectivity index (χ2n) is 4.28. The fraction of sp³-hybridized carbons (Fsp3) is 0.200. The molecule has 0 radical (unpaired) electrons. The molecule has 1 N–H and O–H groups in total. The van der Waals surface area contributed by atoms with Gasteiger partial charge in [0.2, 0.25) is 0 Å². The smallest absolute Gasteiger partial charge is 0.126 e. The lowest BCUT2D eigenvalue weighted by Crippen LogP contribution is -2.01. The minimum absolute atomic E-state index is 0.198. The molecule has 0 atom stereocenters. The summed E-state index contributed by atoms with van der Waals surface area (Å²) in [6.07, 6.45) is 0. The normalized spacial score (nSPS) is 10.3. The minimum atomic E-state index is -0.198. The molecule has 2 aromatic carbocycles. The van der Waals surface area contributed by atoms with Crippen LogP contribution in [0.5, 0.6) is 5.75 Å². The van der Waals surface area contributed by atoms with Crippen molar-refractivity contribution in [2.24, 2.45) is 0 Å². The number of rotatable bonds is 4. The molecule has 2 aromatic rings. The van der Waals surface area contributed by atoms with E-state index >= 15 is 0 Å². The first-order valence-electron chi connectivity index (χ1n) is 5.92. The molecule has 19 heavy (non-hydrogen) atoms. The van der Waals surface area contributed by atoms with Crippen molar-refractivity contribution in [2.45, 2.75) is 13.5 Å². The number of hydrogen-bond donors (Lipinski definition) is 1. The highest BCUT2D eigenvalue weighted by Gasteiger charge is 2.04. The van der Waals surface area contributed by atoms with Gasteiger partial charge in [0.05, 0.1) is 17.8 Å². The molecule has 100 valence electrons. The van der Waals surface area contributed by atoms with Crippen LogP contribution in [-0.2, 0) is 6.54 Å². The molecule has 0 aliphatic heterocycles. The Morgan fingerprint density at radius 1 is 1.21 bits per heavy atom. The topological polar surface area (TPSA) is 21.3 Å². The Balaban J connectivity index is 2.11. The molecule has 0 aromatic heterocycles. The van der Waals surface area contributed by atoms with Gasteiger partial charge in [0.1, 0.15) is 11.6 Å². The van der Waals surface area contributed by atoms with Gasteiger partial charge in [-0.05, 0) is 36.2 Å². The summed E-state index contributed by atoms with van der Waals surface area (Å²) >= 11 is 6.08. The summed E-state index contributed by atoms with van der Waals surface area (Å²) in [5.41, 5.74) is 2.27. The van der Waals surface area contributed by atoms with Gasteiger partial charge in [0.15, 0.2) is 0 Å². The van der Waals surface area contributed by atoms with Gasteiger partial charge in [-0.1, -0.05) is 23.7 Å². The summed E-state index contributed by atoms with van der Waals surface area (Å²) in [7, 11) is 1.60. The molecule has 0 amide bonds. The highest BCUT2D eigenvalue weighted by Crippen LogP contribution is 2.27. The fourth-order valence-corrected chi connectivity index (χ4v) is 1.89. The van der Waals surface area contributed by atoms with E-state index in [2.05, 4.69) is 5.32 Å². The zero-order valence-corrected chi connectivity index (χ0v) is 11.6. The van der Waals surface area contributed by atoms with Crippen LogP contribution in [0.15, 0.2) is 36.4 Å². The Labute approximate surface area is 117 Å². The van der Waals surface area contributed by atoms with Crippen molar-refractivity contribution in [1.82, 2.24) is 0 Å². The van der Waals surface area contributed by atoms with E-state index in [1.807, 2.05) is 12.1 Å². The zero-order valence-electron chi connectivity index (χ0n) is 10.8. The number of anilines is 1. The Bertz CT molecular complexity index is 586. The average molecular weight is 280 g/mol. The first kappa shape index (κ1) is 13.7. The van der Waals surface area contributed by atoms with Crippen LogP contribution < -0.4 is 10.1 Å². The monoisotopic (exact) mass is 279 g/mol. The maximum atomic E-state index is 13.4. The van der Waals surface area contributed by atoms with Crippen LogP contribution in [-0.4, -0.2) is 7.11 Å². The van der Waals surface area contributed by atoms with Crippen molar-refractivity contribution < 1.29 is 9.13 Å². The van der Waals surface area contributed by atoms with Crippen LogP contribution in [0.1, 0.15) is 11.1 Å². The van der Waals surface area contributed by atoms with E-state index in [-0.39, 0.29) is 5.82 Å². The molecule has 0 heterocycles. The SMILES string of the molecule is COc1ccc(Cl)c(NCc2ccc(C)c(F)c2)c1. The molecule has 0 bridgehead atoms. The van der Waals surface area contributed by atoms with Gasteiger partial charge in [0.25, 0.3) is 0 Å². The lowest BCUT2D eigenvalue weighted by atomic mass is 10.1. The third kappa shape index (κ3) is 3.38. The van der Waals surface area contributed by atoms with Gasteiger partial charge in [-0.25, -0.2) is 4.39 Å². The first-order chi connectivity index (χ1) is 9.10. The van der Waals surface area contributed by atoms with Crippen LogP contribution >= 0.6 is 11.6 Å². The van der Waals surface area contributed by atoms with Crippen LogP contribution in [0, 0.1) is 12.7 Å². The van der Waals surface area contributed by atoms with Gasteiger partial charge in [-0.15, -0.1) is 0 Å². The Hall–Kier alpha value is -1.74. The lowest BCUT2D eigenvalue weighted by molar-refractivity contribution is 0.415. The molecule has 0 fully saturated rings. The van der Waals surface area contributed by atoms with Crippen LogP contribution in [0.25, 0.3) is 0 Å². The molecular weight excluding hydrogens is 265 g/mol. The highest BCUT2D eigenvalue weighted by atomic mass is 35.5. The number of nitrogens with one attached hydrogen (secondary N) is 1. The second-order valence-corrected chi connectivity index (χ2v) is 4.69. The number of methoxy groups -OCH3 is 1. The molecule has 0 saturated heterocycles. The number of benzene rings is 2. The van der Waals surface area contributed by atoms with E-state index in [4.69, 9.17) is 16.3 Å².